The first kappa shape index (κ1) is 15.4. The van der Waals surface area contributed by atoms with Gasteiger partial charge >= 0.3 is 0 Å². The number of rotatable bonds is 4. The maximum absolute atomic E-state index is 10.6. The maximum Gasteiger partial charge on any atom is 0.128 e. The molecule has 0 saturated carbocycles. The summed E-state index contributed by atoms with van der Waals surface area (Å²) < 4.78 is 12.2. The van der Waals surface area contributed by atoms with Crippen molar-refractivity contribution in [2.45, 2.75) is 6.10 Å². The van der Waals surface area contributed by atoms with E-state index in [9.17, 15) is 5.11 Å². The number of aliphatic hydroxyl groups is 1. The Hall–Kier alpha value is -1.04. The molecule has 0 saturated heterocycles. The van der Waals surface area contributed by atoms with Gasteiger partial charge in [-0.2, -0.15) is 0 Å². The fourth-order valence-electron chi connectivity index (χ4n) is 1.94. The van der Waals surface area contributed by atoms with Gasteiger partial charge in [-0.1, -0.05) is 31.9 Å². The molecule has 0 aromatic heterocycles. The summed E-state index contributed by atoms with van der Waals surface area (Å²) in [6, 6.07) is 11.0. The van der Waals surface area contributed by atoms with E-state index in [2.05, 4.69) is 31.9 Å². The molecule has 20 heavy (non-hydrogen) atoms. The van der Waals surface area contributed by atoms with E-state index in [4.69, 9.17) is 9.47 Å². The molecule has 106 valence electrons. The van der Waals surface area contributed by atoms with E-state index in [1.54, 1.807) is 32.4 Å². The summed E-state index contributed by atoms with van der Waals surface area (Å²) in [5.41, 5.74) is 1.45. The van der Waals surface area contributed by atoms with E-state index >= 15 is 0 Å². The van der Waals surface area contributed by atoms with Crippen LogP contribution in [0.15, 0.2) is 45.3 Å². The Balaban J connectivity index is 2.47. The number of methoxy groups -OCH3 is 2. The van der Waals surface area contributed by atoms with Crippen LogP contribution in [0.25, 0.3) is 0 Å². The largest absolute Gasteiger partial charge is 0.497 e. The van der Waals surface area contributed by atoms with Crippen LogP contribution in [-0.2, 0) is 0 Å². The SMILES string of the molecule is COc1ccc(C(O)c2cc(Br)ccc2Br)c(OC)c1. The molecule has 0 heterocycles. The summed E-state index contributed by atoms with van der Waals surface area (Å²) in [4.78, 5) is 0. The Kier molecular flexibility index (Phi) is 5.07. The van der Waals surface area contributed by atoms with Crippen LogP contribution in [0.2, 0.25) is 0 Å². The molecule has 0 amide bonds. The van der Waals surface area contributed by atoms with Crippen molar-refractivity contribution in [3.8, 4) is 11.5 Å². The van der Waals surface area contributed by atoms with E-state index in [1.165, 1.54) is 0 Å². The normalized spacial score (nSPS) is 12.1. The van der Waals surface area contributed by atoms with E-state index in [0.29, 0.717) is 17.1 Å². The minimum atomic E-state index is -0.789. The topological polar surface area (TPSA) is 38.7 Å². The molecule has 3 nitrogen and oxygen atoms in total. The van der Waals surface area contributed by atoms with Gasteiger partial charge in [-0.15, -0.1) is 0 Å². The van der Waals surface area contributed by atoms with Crippen LogP contribution in [0.3, 0.4) is 0 Å². The van der Waals surface area contributed by atoms with Crippen LogP contribution in [-0.4, -0.2) is 19.3 Å². The van der Waals surface area contributed by atoms with Crippen LogP contribution >= 0.6 is 31.9 Å². The predicted molar refractivity (Wildman–Crippen MR) is 85.4 cm³/mol. The molecule has 2 aromatic rings. The molecule has 0 aliphatic heterocycles. The van der Waals surface area contributed by atoms with Crippen molar-refractivity contribution in [1.29, 1.82) is 0 Å². The Bertz CT molecular complexity index is 614. The quantitative estimate of drug-likeness (QED) is 0.829. The molecule has 1 N–H and O–H groups in total. The first-order valence-electron chi connectivity index (χ1n) is 5.91. The van der Waals surface area contributed by atoms with E-state index < -0.39 is 6.10 Å². The number of benzene rings is 2. The smallest absolute Gasteiger partial charge is 0.128 e. The van der Waals surface area contributed by atoms with Crippen molar-refractivity contribution < 1.29 is 14.6 Å². The Morgan fingerprint density at radius 3 is 2.35 bits per heavy atom. The second kappa shape index (κ2) is 6.61. The Morgan fingerprint density at radius 1 is 0.950 bits per heavy atom. The zero-order valence-electron chi connectivity index (χ0n) is 11.1. The predicted octanol–water partition coefficient (Wildman–Crippen LogP) is 4.31. The van der Waals surface area contributed by atoms with Gasteiger partial charge in [0.2, 0.25) is 0 Å². The summed E-state index contributed by atoms with van der Waals surface area (Å²) >= 11 is 6.87. The highest BCUT2D eigenvalue weighted by Gasteiger charge is 2.18. The van der Waals surface area contributed by atoms with Gasteiger partial charge in [0.1, 0.15) is 17.6 Å². The van der Waals surface area contributed by atoms with Gasteiger partial charge in [0.25, 0.3) is 0 Å². The highest BCUT2D eigenvalue weighted by atomic mass is 79.9. The number of aliphatic hydroxyl groups excluding tert-OH is 1. The van der Waals surface area contributed by atoms with Crippen LogP contribution in [0.4, 0.5) is 0 Å². The summed E-state index contributed by atoms with van der Waals surface area (Å²) in [5.74, 6) is 1.27. The average molecular weight is 402 g/mol. The van der Waals surface area contributed by atoms with Gasteiger partial charge in [0.05, 0.1) is 14.2 Å². The maximum atomic E-state index is 10.6. The monoisotopic (exact) mass is 400 g/mol. The lowest BCUT2D eigenvalue weighted by molar-refractivity contribution is 0.213. The lowest BCUT2D eigenvalue weighted by Crippen LogP contribution is -2.03. The van der Waals surface area contributed by atoms with E-state index in [0.717, 1.165) is 14.5 Å². The van der Waals surface area contributed by atoms with Crippen LogP contribution in [0, 0.1) is 0 Å². The molecule has 0 spiro atoms. The number of ether oxygens (including phenoxy) is 2. The molecule has 0 bridgehead atoms. The molecule has 0 fully saturated rings. The second-order valence-corrected chi connectivity index (χ2v) is 5.95. The number of hydrogen-bond donors (Lipinski definition) is 1. The van der Waals surface area contributed by atoms with Crippen molar-refractivity contribution in [3.05, 3.63) is 56.5 Å². The minimum Gasteiger partial charge on any atom is -0.497 e. The molecule has 2 rings (SSSR count). The zero-order chi connectivity index (χ0) is 14.7. The van der Waals surface area contributed by atoms with Gasteiger partial charge in [-0.25, -0.2) is 0 Å². The Morgan fingerprint density at radius 2 is 1.70 bits per heavy atom. The highest BCUT2D eigenvalue weighted by molar-refractivity contribution is 9.11. The lowest BCUT2D eigenvalue weighted by atomic mass is 10.0. The molecule has 1 atom stereocenters. The van der Waals surface area contributed by atoms with E-state index in [-0.39, 0.29) is 0 Å². The van der Waals surface area contributed by atoms with Gasteiger partial charge in [0.15, 0.2) is 0 Å². The lowest BCUT2D eigenvalue weighted by Gasteiger charge is -2.17. The fraction of sp³-hybridized carbons (Fsp3) is 0.200. The summed E-state index contributed by atoms with van der Waals surface area (Å²) in [7, 11) is 3.16. The number of hydrogen-bond acceptors (Lipinski definition) is 3. The average Bonchev–Trinajstić information content (AvgIpc) is 2.48. The van der Waals surface area contributed by atoms with Crippen molar-refractivity contribution in [2.75, 3.05) is 14.2 Å². The molecule has 1 unspecified atom stereocenters. The fourth-order valence-corrected chi connectivity index (χ4v) is 2.78. The first-order valence-corrected chi connectivity index (χ1v) is 7.50. The standard InChI is InChI=1S/C15H14Br2O3/c1-19-10-4-5-11(14(8-10)20-2)15(18)12-7-9(16)3-6-13(12)17/h3-8,15,18H,1-2H3. The van der Waals surface area contributed by atoms with Crippen LogP contribution < -0.4 is 9.47 Å². The third-order valence-electron chi connectivity index (χ3n) is 2.99. The molecular weight excluding hydrogens is 388 g/mol. The molecule has 2 aromatic carbocycles. The van der Waals surface area contributed by atoms with Gasteiger partial charge < -0.3 is 14.6 Å². The summed E-state index contributed by atoms with van der Waals surface area (Å²) in [6.07, 6.45) is -0.789. The zero-order valence-corrected chi connectivity index (χ0v) is 14.2. The highest BCUT2D eigenvalue weighted by Crippen LogP contribution is 2.36. The van der Waals surface area contributed by atoms with Gasteiger partial charge in [-0.3, -0.25) is 0 Å². The molecule has 0 radical (unpaired) electrons. The molecule has 0 aliphatic rings. The first-order chi connectivity index (χ1) is 9.56. The third-order valence-corrected chi connectivity index (χ3v) is 4.20. The molecule has 5 heteroatoms. The van der Waals surface area contributed by atoms with Crippen molar-refractivity contribution in [1.82, 2.24) is 0 Å². The minimum absolute atomic E-state index is 0.587. The van der Waals surface area contributed by atoms with E-state index in [1.807, 2.05) is 18.2 Å². The summed E-state index contributed by atoms with van der Waals surface area (Å²) in [5, 5.41) is 10.6. The van der Waals surface area contributed by atoms with Crippen molar-refractivity contribution in [3.63, 3.8) is 0 Å². The Labute approximate surface area is 134 Å². The van der Waals surface area contributed by atoms with Gasteiger partial charge in [0, 0.05) is 26.1 Å². The molecule has 0 aliphatic carbocycles. The van der Waals surface area contributed by atoms with Gasteiger partial charge in [-0.05, 0) is 30.3 Å². The summed E-state index contributed by atoms with van der Waals surface area (Å²) in [6.45, 7) is 0. The van der Waals surface area contributed by atoms with Crippen LogP contribution in [0.5, 0.6) is 11.5 Å². The molecular formula is C15H14Br2O3. The second-order valence-electron chi connectivity index (χ2n) is 4.18. The van der Waals surface area contributed by atoms with Crippen molar-refractivity contribution in [2.24, 2.45) is 0 Å². The van der Waals surface area contributed by atoms with Crippen molar-refractivity contribution >= 4 is 31.9 Å². The number of halogens is 2. The van der Waals surface area contributed by atoms with Crippen LogP contribution in [0.1, 0.15) is 17.2 Å². The third kappa shape index (κ3) is 3.16.